The number of hydrogen-bond donors (Lipinski definition) is 3. The van der Waals surface area contributed by atoms with Crippen LogP contribution in [-0.4, -0.2) is 69.2 Å². The van der Waals surface area contributed by atoms with Crippen molar-refractivity contribution in [1.82, 2.24) is 25.2 Å². The number of halogens is 1. The molecule has 0 bridgehead atoms. The third-order valence-electron chi connectivity index (χ3n) is 6.20. The summed E-state index contributed by atoms with van der Waals surface area (Å²) in [5.74, 6) is 0.294. The zero-order valence-corrected chi connectivity index (χ0v) is 23.3. The summed E-state index contributed by atoms with van der Waals surface area (Å²) in [6, 6.07) is 8.68. The molecule has 0 radical (unpaired) electrons. The topological polar surface area (TPSA) is 125 Å². The molecule has 0 saturated heterocycles. The summed E-state index contributed by atoms with van der Waals surface area (Å²) in [5.41, 5.74) is 2.39. The number of rotatable bonds is 9. The minimum atomic E-state index is -2.42. The van der Waals surface area contributed by atoms with E-state index >= 15 is 4.39 Å². The molecule has 1 aliphatic carbocycles. The van der Waals surface area contributed by atoms with Gasteiger partial charge in [-0.25, -0.2) is 18.6 Å². The maximum Gasteiger partial charge on any atom is 0.256 e. The minimum Gasteiger partial charge on any atom is -0.348 e. The van der Waals surface area contributed by atoms with E-state index < -0.39 is 15.6 Å². The van der Waals surface area contributed by atoms with Gasteiger partial charge in [0.05, 0.1) is 0 Å². The van der Waals surface area contributed by atoms with Crippen LogP contribution in [0.4, 0.5) is 33.5 Å². The Kier molecular flexibility index (Phi) is 8.56. The highest BCUT2D eigenvalue weighted by molar-refractivity contribution is 7.92. The molecule has 206 valence electrons. The first kappa shape index (κ1) is 28.1. The van der Waals surface area contributed by atoms with Crippen LogP contribution in [0.5, 0.6) is 0 Å². The zero-order chi connectivity index (χ0) is 28.2. The van der Waals surface area contributed by atoms with Gasteiger partial charge in [-0.1, -0.05) is 12.1 Å². The van der Waals surface area contributed by atoms with Gasteiger partial charge < -0.3 is 20.9 Å². The van der Waals surface area contributed by atoms with Crippen molar-refractivity contribution in [3.8, 4) is 0 Å². The summed E-state index contributed by atoms with van der Waals surface area (Å²) in [6.45, 7) is 3.88. The van der Waals surface area contributed by atoms with Crippen molar-refractivity contribution >= 4 is 44.7 Å². The normalized spacial score (nSPS) is 14.9. The Morgan fingerprint density at radius 2 is 2.05 bits per heavy atom. The number of anilines is 4. The number of aromatic nitrogens is 3. The quantitative estimate of drug-likeness (QED) is 0.338. The van der Waals surface area contributed by atoms with Gasteiger partial charge in [-0.15, -0.1) is 6.58 Å². The molecule has 0 saturated carbocycles. The van der Waals surface area contributed by atoms with E-state index in [1.54, 1.807) is 24.3 Å². The summed E-state index contributed by atoms with van der Waals surface area (Å²) >= 11 is 0. The maximum absolute atomic E-state index is 15.1. The number of carbonyl (C=O) groups is 1. The molecule has 12 heteroatoms. The lowest BCUT2D eigenvalue weighted by molar-refractivity contribution is 0.0958. The van der Waals surface area contributed by atoms with Crippen LogP contribution < -0.4 is 16.0 Å². The van der Waals surface area contributed by atoms with Crippen LogP contribution in [0.15, 0.2) is 53.5 Å². The number of fused-ring (bicyclic) bond motifs is 1. The average Bonchev–Trinajstić information content (AvgIpc) is 2.86. The van der Waals surface area contributed by atoms with Crippen molar-refractivity contribution in [2.45, 2.75) is 25.3 Å². The molecule has 2 aromatic heterocycles. The fraction of sp³-hybridized carbons (Fsp3) is 0.333. The molecule has 10 nitrogen and oxygen atoms in total. The van der Waals surface area contributed by atoms with Gasteiger partial charge >= 0.3 is 0 Å². The van der Waals surface area contributed by atoms with Crippen molar-refractivity contribution in [3.63, 3.8) is 0 Å². The van der Waals surface area contributed by atoms with Crippen LogP contribution in [0.2, 0.25) is 0 Å². The molecule has 1 unspecified atom stereocenters. The van der Waals surface area contributed by atoms with Crippen molar-refractivity contribution in [2.75, 3.05) is 43.8 Å². The predicted octanol–water partition coefficient (Wildman–Crippen LogP) is 4.19. The zero-order valence-electron chi connectivity index (χ0n) is 22.5. The molecule has 3 N–H and O–H groups in total. The van der Waals surface area contributed by atoms with Gasteiger partial charge in [-0.2, -0.15) is 9.35 Å². The number of aryl methyl sites for hydroxylation is 1. The molecule has 0 aliphatic heterocycles. The van der Waals surface area contributed by atoms with Crippen LogP contribution in [0.3, 0.4) is 0 Å². The third kappa shape index (κ3) is 7.36. The van der Waals surface area contributed by atoms with Crippen molar-refractivity contribution in [1.29, 1.82) is 0 Å². The molecule has 1 atom stereocenters. The number of likely N-dealkylation sites (N-methyl/N-ethyl adjacent to an activating group) is 1. The third-order valence-corrected chi connectivity index (χ3v) is 6.82. The van der Waals surface area contributed by atoms with Crippen molar-refractivity contribution in [3.05, 3.63) is 71.7 Å². The van der Waals surface area contributed by atoms with Gasteiger partial charge in [0.25, 0.3) is 5.91 Å². The highest BCUT2D eigenvalue weighted by atomic mass is 32.2. The Hall–Kier alpha value is -3.90. The largest absolute Gasteiger partial charge is 0.348 e. The molecule has 0 spiro atoms. The fourth-order valence-electron chi connectivity index (χ4n) is 4.30. The van der Waals surface area contributed by atoms with Gasteiger partial charge in [0.15, 0.2) is 5.82 Å². The number of nitrogens with one attached hydrogen (secondary N) is 3. The second kappa shape index (κ2) is 11.9. The van der Waals surface area contributed by atoms with E-state index in [1.165, 1.54) is 24.8 Å². The molecule has 1 amide bonds. The highest BCUT2D eigenvalue weighted by Gasteiger charge is 2.24. The standard InChI is InChI=1S/C27H33FN8O2S/c1-6-12-29-26(37)21-16-30-27(34-25(21)33-23-8-7-9-24(32-23)35-39(4,5)38)31-18-13-17-10-11-19(36(2)3)15-20(17)22(28)14-18/h6-9,13-14,16,19H,1,10-12,15H2,2-5H3,(H,29,37)(H2,30,31,32,33,34). The first-order valence-electron chi connectivity index (χ1n) is 12.4. The summed E-state index contributed by atoms with van der Waals surface area (Å²) < 4.78 is 31.3. The molecular formula is C27H33FN8O2S. The van der Waals surface area contributed by atoms with E-state index in [0.29, 0.717) is 24.0 Å². The fourth-order valence-corrected chi connectivity index (χ4v) is 4.85. The molecule has 3 aromatic rings. The van der Waals surface area contributed by atoms with Gasteiger partial charge in [-0.3, -0.25) is 4.79 Å². The number of amides is 1. The van der Waals surface area contributed by atoms with Crippen molar-refractivity contribution < 1.29 is 13.4 Å². The lowest BCUT2D eigenvalue weighted by Gasteiger charge is -2.30. The molecule has 2 heterocycles. The second-order valence-electron chi connectivity index (χ2n) is 9.81. The van der Waals surface area contributed by atoms with Crippen LogP contribution in [0.1, 0.15) is 27.9 Å². The predicted molar refractivity (Wildman–Crippen MR) is 153 cm³/mol. The van der Waals surface area contributed by atoms with E-state index in [2.05, 4.69) is 46.7 Å². The van der Waals surface area contributed by atoms with Gasteiger partial charge in [0.2, 0.25) is 5.95 Å². The highest BCUT2D eigenvalue weighted by Crippen LogP contribution is 2.30. The SMILES string of the molecule is C=CCNC(=O)c1cnc(Nc2cc(F)c3c(c2)CCC(N(C)C)C3)nc1Nc1cccc(N=S(C)(C)=O)n1. The van der Waals surface area contributed by atoms with Crippen LogP contribution in [-0.2, 0) is 22.6 Å². The van der Waals surface area contributed by atoms with Crippen LogP contribution in [0, 0.1) is 5.82 Å². The number of carbonyl (C=O) groups excluding carboxylic acids is 1. The maximum atomic E-state index is 15.1. The number of nitrogens with zero attached hydrogens (tertiary/aromatic N) is 5. The Bertz CT molecular complexity index is 1510. The van der Waals surface area contributed by atoms with Gasteiger partial charge in [0.1, 0.15) is 23.0 Å². The first-order chi connectivity index (χ1) is 18.5. The smallest absolute Gasteiger partial charge is 0.256 e. The lowest BCUT2D eigenvalue weighted by Crippen LogP contribution is -2.34. The van der Waals surface area contributed by atoms with E-state index in [0.717, 1.165) is 24.0 Å². The number of pyridine rings is 1. The first-order valence-corrected chi connectivity index (χ1v) is 14.8. The molecule has 0 fully saturated rings. The minimum absolute atomic E-state index is 0.171. The molecule has 1 aliphatic rings. The summed E-state index contributed by atoms with van der Waals surface area (Å²) in [5, 5.41) is 8.82. The van der Waals surface area contributed by atoms with E-state index in [4.69, 9.17) is 0 Å². The number of benzene rings is 1. The Morgan fingerprint density at radius 1 is 1.26 bits per heavy atom. The van der Waals surface area contributed by atoms with Crippen LogP contribution in [0.25, 0.3) is 0 Å². The lowest BCUT2D eigenvalue weighted by atomic mass is 9.87. The van der Waals surface area contributed by atoms with Crippen LogP contribution >= 0.6 is 0 Å². The second-order valence-corrected chi connectivity index (χ2v) is 12.4. The van der Waals surface area contributed by atoms with E-state index in [-0.39, 0.29) is 35.5 Å². The Balaban J connectivity index is 1.65. The Morgan fingerprint density at radius 3 is 2.77 bits per heavy atom. The molecule has 4 rings (SSSR count). The monoisotopic (exact) mass is 552 g/mol. The average molecular weight is 553 g/mol. The summed E-state index contributed by atoms with van der Waals surface area (Å²) in [4.78, 5) is 28.1. The summed E-state index contributed by atoms with van der Waals surface area (Å²) in [7, 11) is 1.61. The van der Waals surface area contributed by atoms with Gasteiger partial charge in [-0.05, 0) is 68.8 Å². The van der Waals surface area contributed by atoms with Gasteiger partial charge in [0, 0.05) is 46.7 Å². The van der Waals surface area contributed by atoms with Crippen molar-refractivity contribution in [2.24, 2.45) is 4.36 Å². The summed E-state index contributed by atoms with van der Waals surface area (Å²) in [6.07, 6.45) is 8.36. The number of hydrogen-bond acceptors (Lipinski definition) is 9. The molecular weight excluding hydrogens is 519 g/mol. The van der Waals surface area contributed by atoms with E-state index in [9.17, 15) is 9.00 Å². The molecule has 39 heavy (non-hydrogen) atoms. The van der Waals surface area contributed by atoms with E-state index in [1.807, 2.05) is 20.2 Å². The molecule has 1 aromatic carbocycles. The Labute approximate surface area is 228 Å².